The summed E-state index contributed by atoms with van der Waals surface area (Å²) in [6.45, 7) is 0.774. The summed E-state index contributed by atoms with van der Waals surface area (Å²) in [5.74, 6) is 0.00421. The van der Waals surface area contributed by atoms with Crippen LogP contribution >= 0.6 is 15.9 Å². The van der Waals surface area contributed by atoms with Gasteiger partial charge in [-0.1, -0.05) is 12.1 Å². The van der Waals surface area contributed by atoms with Crippen molar-refractivity contribution in [2.24, 2.45) is 0 Å². The number of halogens is 2. The quantitative estimate of drug-likeness (QED) is 0.565. The van der Waals surface area contributed by atoms with Crippen molar-refractivity contribution < 1.29 is 18.3 Å². The summed E-state index contributed by atoms with van der Waals surface area (Å²) in [5, 5.41) is 3.84. The smallest absolute Gasteiger partial charge is 0.252 e. The number of methoxy groups -OCH3 is 1. The van der Waals surface area contributed by atoms with Gasteiger partial charge in [-0.3, -0.25) is 4.79 Å². The molecule has 0 aliphatic carbocycles. The van der Waals surface area contributed by atoms with Crippen molar-refractivity contribution >= 4 is 32.8 Å². The maximum atomic E-state index is 13.3. The first-order valence-corrected chi connectivity index (χ1v) is 9.65. The molecule has 1 unspecified atom stereocenters. The lowest BCUT2D eigenvalue weighted by Gasteiger charge is -2.21. The molecular weight excluding hydrogens is 427 g/mol. The molecule has 148 valence electrons. The fraction of sp³-hybridized carbons (Fsp3) is 0.286. The molecule has 1 N–H and O–H groups in total. The van der Waals surface area contributed by atoms with Gasteiger partial charge in [-0.25, -0.2) is 4.39 Å². The second-order valence-corrected chi connectivity index (χ2v) is 7.59. The maximum absolute atomic E-state index is 13.3. The third-order valence-electron chi connectivity index (χ3n) is 4.49. The number of benzene rings is 2. The van der Waals surface area contributed by atoms with Gasteiger partial charge in [0.05, 0.1) is 18.5 Å². The highest BCUT2D eigenvalue weighted by Crippen LogP contribution is 2.32. The Morgan fingerprint density at radius 2 is 1.96 bits per heavy atom. The van der Waals surface area contributed by atoms with Crippen molar-refractivity contribution in [3.05, 3.63) is 64.1 Å². The lowest BCUT2D eigenvalue weighted by atomic mass is 10.0. The van der Waals surface area contributed by atoms with Crippen molar-refractivity contribution in [2.75, 3.05) is 27.7 Å². The summed E-state index contributed by atoms with van der Waals surface area (Å²) in [6, 6.07) is 11.1. The summed E-state index contributed by atoms with van der Waals surface area (Å²) in [7, 11) is 5.49. The number of hydrogen-bond donors (Lipinski definition) is 1. The van der Waals surface area contributed by atoms with Crippen molar-refractivity contribution in [1.29, 1.82) is 0 Å². The van der Waals surface area contributed by atoms with E-state index < -0.39 is 0 Å². The van der Waals surface area contributed by atoms with Crippen LogP contribution in [0.15, 0.2) is 51.6 Å². The summed E-state index contributed by atoms with van der Waals surface area (Å²) in [4.78, 5) is 15.0. The van der Waals surface area contributed by atoms with E-state index in [9.17, 15) is 9.18 Å². The minimum absolute atomic E-state index is 0.249. The predicted molar refractivity (Wildman–Crippen MR) is 110 cm³/mol. The number of nitrogens with one attached hydrogen (secondary N) is 1. The highest BCUT2D eigenvalue weighted by atomic mass is 79.9. The van der Waals surface area contributed by atoms with E-state index in [1.807, 2.05) is 19.0 Å². The highest BCUT2D eigenvalue weighted by Gasteiger charge is 2.19. The lowest BCUT2D eigenvalue weighted by molar-refractivity contribution is 0.0932. The van der Waals surface area contributed by atoms with Gasteiger partial charge in [-0.2, -0.15) is 0 Å². The van der Waals surface area contributed by atoms with E-state index in [2.05, 4.69) is 21.2 Å². The van der Waals surface area contributed by atoms with Crippen LogP contribution in [0, 0.1) is 5.82 Å². The van der Waals surface area contributed by atoms with Crippen LogP contribution in [0.25, 0.3) is 11.0 Å². The number of rotatable bonds is 7. The van der Waals surface area contributed by atoms with Crippen LogP contribution < -0.4 is 10.1 Å². The largest absolute Gasteiger partial charge is 0.496 e. The molecule has 1 aromatic heterocycles. The Kier molecular flexibility index (Phi) is 6.36. The molecule has 0 bridgehead atoms. The molecule has 0 saturated carbocycles. The molecule has 1 heterocycles. The zero-order valence-electron chi connectivity index (χ0n) is 16.0. The summed E-state index contributed by atoms with van der Waals surface area (Å²) in [5.41, 5.74) is 1.84. The van der Waals surface area contributed by atoms with Crippen LogP contribution in [0.3, 0.4) is 0 Å². The number of ether oxygens (including phenoxy) is 1. The van der Waals surface area contributed by atoms with Gasteiger partial charge in [-0.15, -0.1) is 0 Å². The second kappa shape index (κ2) is 8.75. The van der Waals surface area contributed by atoms with Crippen LogP contribution in [0.5, 0.6) is 5.75 Å². The average Bonchev–Trinajstić information content (AvgIpc) is 3.04. The highest BCUT2D eigenvalue weighted by molar-refractivity contribution is 9.10. The number of nitrogens with zero attached hydrogens (tertiary/aromatic N) is 1. The lowest BCUT2D eigenvalue weighted by Crippen LogP contribution is -2.31. The van der Waals surface area contributed by atoms with Gasteiger partial charge >= 0.3 is 0 Å². The van der Waals surface area contributed by atoms with Gasteiger partial charge in [0.15, 0.2) is 4.67 Å². The molecule has 0 radical (unpaired) electrons. The van der Waals surface area contributed by atoms with E-state index in [4.69, 9.17) is 9.15 Å². The Balaban J connectivity index is 1.88. The van der Waals surface area contributed by atoms with Gasteiger partial charge in [0.25, 0.3) is 5.91 Å². The first-order chi connectivity index (χ1) is 13.4. The number of carbonyl (C=O) groups is 1. The number of carbonyl (C=O) groups excluding carboxylic acids is 1. The van der Waals surface area contributed by atoms with Crippen LogP contribution in [0.4, 0.5) is 4.39 Å². The molecule has 28 heavy (non-hydrogen) atoms. The van der Waals surface area contributed by atoms with Crippen LogP contribution in [-0.2, 0) is 0 Å². The molecule has 0 aliphatic heterocycles. The number of fused-ring (bicyclic) bond motifs is 1. The fourth-order valence-corrected chi connectivity index (χ4v) is 3.43. The second-order valence-electron chi connectivity index (χ2n) is 6.81. The van der Waals surface area contributed by atoms with Gasteiger partial charge < -0.3 is 19.4 Å². The van der Waals surface area contributed by atoms with E-state index in [1.165, 1.54) is 12.1 Å². The summed E-state index contributed by atoms with van der Waals surface area (Å²) < 4.78 is 24.9. The minimum Gasteiger partial charge on any atom is -0.496 e. The Morgan fingerprint density at radius 3 is 2.61 bits per heavy atom. The monoisotopic (exact) mass is 448 g/mol. The van der Waals surface area contributed by atoms with Crippen LogP contribution in [0.1, 0.15) is 28.4 Å². The van der Waals surface area contributed by atoms with Gasteiger partial charge in [-0.05, 0) is 72.8 Å². The Labute approximate surface area is 171 Å². The summed E-state index contributed by atoms with van der Waals surface area (Å²) >= 11 is 3.30. The Bertz CT molecular complexity index is 970. The van der Waals surface area contributed by atoms with Gasteiger partial charge in [0, 0.05) is 11.6 Å². The molecule has 3 aromatic rings. The van der Waals surface area contributed by atoms with E-state index in [0.717, 1.165) is 17.5 Å². The van der Waals surface area contributed by atoms with Crippen molar-refractivity contribution in [3.63, 3.8) is 0 Å². The Hall–Kier alpha value is -2.38. The molecule has 0 saturated heterocycles. The van der Waals surface area contributed by atoms with Crippen LogP contribution in [0.2, 0.25) is 0 Å². The molecule has 0 spiro atoms. The molecular formula is C21H22BrFN2O3. The molecule has 7 heteroatoms. The van der Waals surface area contributed by atoms with E-state index in [0.29, 0.717) is 28.0 Å². The zero-order chi connectivity index (χ0) is 20.3. The molecule has 2 aromatic carbocycles. The van der Waals surface area contributed by atoms with Crippen LogP contribution in [-0.4, -0.2) is 38.6 Å². The molecule has 1 atom stereocenters. The number of hydrogen-bond acceptors (Lipinski definition) is 4. The molecule has 0 aliphatic rings. The predicted octanol–water partition coefficient (Wildman–Crippen LogP) is 4.77. The van der Waals surface area contributed by atoms with E-state index >= 15 is 0 Å². The first kappa shape index (κ1) is 20.4. The molecule has 5 nitrogen and oxygen atoms in total. The molecule has 1 amide bonds. The number of furan rings is 1. The van der Waals surface area contributed by atoms with Gasteiger partial charge in [0.1, 0.15) is 17.1 Å². The first-order valence-electron chi connectivity index (χ1n) is 8.85. The van der Waals surface area contributed by atoms with E-state index in [-0.39, 0.29) is 17.8 Å². The maximum Gasteiger partial charge on any atom is 0.252 e. The SMILES string of the molecule is COc1cc(C(=O)NC(CCN(C)C)c2ccc(F)cc2)cc2oc(Br)cc12. The standard InChI is InChI=1S/C21H22BrFN2O3/c1-25(2)9-8-17(13-4-6-15(23)7-5-13)24-21(26)14-10-18(27-3)16-12-20(22)28-19(16)11-14/h4-7,10-12,17H,8-9H2,1-3H3,(H,24,26). The summed E-state index contributed by atoms with van der Waals surface area (Å²) in [6.07, 6.45) is 0.691. The van der Waals surface area contributed by atoms with Crippen molar-refractivity contribution in [2.45, 2.75) is 12.5 Å². The normalized spacial score (nSPS) is 12.4. The Morgan fingerprint density at radius 1 is 1.25 bits per heavy atom. The minimum atomic E-state index is -0.306. The zero-order valence-corrected chi connectivity index (χ0v) is 17.5. The third kappa shape index (κ3) is 4.72. The fourth-order valence-electron chi connectivity index (χ4n) is 3.02. The van der Waals surface area contributed by atoms with Gasteiger partial charge in [0.2, 0.25) is 0 Å². The average molecular weight is 449 g/mol. The van der Waals surface area contributed by atoms with Crippen molar-refractivity contribution in [1.82, 2.24) is 10.2 Å². The topological polar surface area (TPSA) is 54.7 Å². The molecule has 0 fully saturated rings. The third-order valence-corrected chi connectivity index (χ3v) is 4.88. The molecule has 3 rings (SSSR count). The van der Waals surface area contributed by atoms with E-state index in [1.54, 1.807) is 37.4 Å². The van der Waals surface area contributed by atoms with Crippen molar-refractivity contribution in [3.8, 4) is 5.75 Å². The number of amides is 1.